The molecule has 0 bridgehead atoms. The number of rotatable bonds is 4. The number of allylic oxidation sites excluding steroid dienone is 4. The zero-order chi connectivity index (χ0) is 26.4. The fourth-order valence-electron chi connectivity index (χ4n) is 3.71. The Morgan fingerprint density at radius 3 is 1.06 bits per heavy atom. The zero-order valence-electron chi connectivity index (χ0n) is 21.9. The van der Waals surface area contributed by atoms with Crippen molar-refractivity contribution in [2.45, 2.75) is 53.4 Å². The monoisotopic (exact) mass is 532 g/mol. The molecular weight excluding hydrogens is 495 g/mol. The third-order valence-corrected chi connectivity index (χ3v) is 5.25. The summed E-state index contributed by atoms with van der Waals surface area (Å²) in [4.78, 5) is 50.7. The number of nitrogens with zero attached hydrogens (tertiary/aromatic N) is 2. The third-order valence-electron chi connectivity index (χ3n) is 5.25. The summed E-state index contributed by atoms with van der Waals surface area (Å²) in [6, 6.07) is 0. The molecule has 198 valence electrons. The summed E-state index contributed by atoms with van der Waals surface area (Å²) in [6.45, 7) is 7.52. The van der Waals surface area contributed by atoms with Crippen LogP contribution in [0.4, 0.5) is 0 Å². The molecule has 0 spiro atoms. The molecule has 0 aliphatic heterocycles. The van der Waals surface area contributed by atoms with E-state index in [2.05, 4.69) is 0 Å². The van der Waals surface area contributed by atoms with Crippen LogP contribution in [0, 0.1) is 10.8 Å². The maximum Gasteiger partial charge on any atom is 0.170 e. The smallest absolute Gasteiger partial charge is 0.170 e. The van der Waals surface area contributed by atoms with Crippen LogP contribution in [-0.2, 0) is 35.7 Å². The van der Waals surface area contributed by atoms with Gasteiger partial charge in [-0.15, -0.1) is 0 Å². The summed E-state index contributed by atoms with van der Waals surface area (Å²) in [5.74, 6) is -1.55. The summed E-state index contributed by atoms with van der Waals surface area (Å²) in [6.07, 6.45) is 7.15. The van der Waals surface area contributed by atoms with Crippen molar-refractivity contribution in [2.24, 2.45) is 10.8 Å². The summed E-state index contributed by atoms with van der Waals surface area (Å²) in [5.41, 5.74) is -0.711. The van der Waals surface area contributed by atoms with E-state index in [-0.39, 0.29) is 73.1 Å². The maximum atomic E-state index is 11.8. The molecule has 0 atom stereocenters. The van der Waals surface area contributed by atoms with E-state index < -0.39 is 0 Å². The van der Waals surface area contributed by atoms with Gasteiger partial charge in [0, 0.05) is 82.8 Å². The number of hydrogen-bond donors (Lipinski definition) is 2. The first-order chi connectivity index (χ1) is 15.5. The van der Waals surface area contributed by atoms with Crippen molar-refractivity contribution in [2.75, 3.05) is 28.2 Å². The summed E-state index contributed by atoms with van der Waals surface area (Å²) >= 11 is 0. The van der Waals surface area contributed by atoms with Crippen LogP contribution in [0.15, 0.2) is 47.2 Å². The number of aliphatic hydroxyl groups is 2. The van der Waals surface area contributed by atoms with E-state index in [1.807, 2.05) is 27.7 Å². The van der Waals surface area contributed by atoms with Crippen LogP contribution in [0.25, 0.3) is 0 Å². The molecule has 2 aliphatic rings. The fraction of sp³-hybridized carbons (Fsp3) is 0.538. The normalized spacial score (nSPS) is 19.3. The molecule has 0 heterocycles. The minimum atomic E-state index is -0.302. The molecule has 2 fully saturated rings. The van der Waals surface area contributed by atoms with E-state index in [1.165, 1.54) is 12.2 Å². The van der Waals surface area contributed by atoms with E-state index in [4.69, 9.17) is 0 Å². The first-order valence-corrected chi connectivity index (χ1v) is 11.1. The Bertz CT molecular complexity index is 846. The molecule has 2 rings (SSSR count). The molecule has 8 nitrogen and oxygen atoms in total. The number of hydrogen-bond acceptors (Lipinski definition) is 8. The van der Waals surface area contributed by atoms with Crippen molar-refractivity contribution in [1.29, 1.82) is 0 Å². The molecular formula is C26H38N2NiO6. The molecule has 9 heteroatoms. The fourth-order valence-corrected chi connectivity index (χ4v) is 3.71. The molecule has 0 unspecified atom stereocenters. The van der Waals surface area contributed by atoms with Crippen molar-refractivity contribution in [3.05, 3.63) is 47.2 Å². The van der Waals surface area contributed by atoms with Crippen molar-refractivity contribution in [1.82, 2.24) is 9.80 Å². The van der Waals surface area contributed by atoms with Crippen molar-refractivity contribution >= 4 is 23.1 Å². The van der Waals surface area contributed by atoms with Crippen LogP contribution < -0.4 is 0 Å². The Hall–Kier alpha value is -2.67. The molecule has 2 aliphatic carbocycles. The minimum absolute atomic E-state index is 0. The van der Waals surface area contributed by atoms with Gasteiger partial charge in [-0.25, -0.2) is 0 Å². The molecule has 0 radical (unpaired) electrons. The minimum Gasteiger partial charge on any atom is -0.507 e. The van der Waals surface area contributed by atoms with Gasteiger partial charge in [-0.3, -0.25) is 19.2 Å². The predicted octanol–water partition coefficient (Wildman–Crippen LogP) is 3.66. The van der Waals surface area contributed by atoms with Gasteiger partial charge in [0.1, 0.15) is 22.7 Å². The number of aliphatic hydroxyl groups excluding tert-OH is 2. The Morgan fingerprint density at radius 2 is 0.857 bits per heavy atom. The summed E-state index contributed by atoms with van der Waals surface area (Å²) < 4.78 is 0. The summed E-state index contributed by atoms with van der Waals surface area (Å²) in [5, 5.41) is 19.5. The average Bonchev–Trinajstić information content (AvgIpc) is 2.61. The van der Waals surface area contributed by atoms with E-state index in [0.717, 1.165) is 0 Å². The molecule has 2 saturated carbocycles. The molecule has 35 heavy (non-hydrogen) atoms. The standard InChI is InChI=1S/2C13H19NO3.Ni/c2*1-13(2)7-10(16)12(11(17)8-13)9(15)5-6-14(3)4;/h2*5-6,15H,7-8H2,1-4H3;/b2*6-5+;. The Labute approximate surface area is 218 Å². The Balaban J connectivity index is 0.000000642. The molecule has 0 saturated heterocycles. The number of Topliss-reactive ketones (excluding diaryl/α,β-unsaturated/α-hetero) is 4. The van der Waals surface area contributed by atoms with Gasteiger partial charge in [0.15, 0.2) is 23.1 Å². The molecule has 0 aromatic rings. The number of ketones is 4. The van der Waals surface area contributed by atoms with Gasteiger partial charge in [0.05, 0.1) is 0 Å². The van der Waals surface area contributed by atoms with Gasteiger partial charge in [-0.2, -0.15) is 0 Å². The van der Waals surface area contributed by atoms with Gasteiger partial charge in [-0.05, 0) is 23.0 Å². The van der Waals surface area contributed by atoms with Crippen molar-refractivity contribution in [3.8, 4) is 0 Å². The average molecular weight is 533 g/mol. The Kier molecular flexibility index (Phi) is 11.9. The second kappa shape index (κ2) is 12.9. The van der Waals surface area contributed by atoms with Crippen molar-refractivity contribution in [3.63, 3.8) is 0 Å². The van der Waals surface area contributed by atoms with Gasteiger partial charge in [0.2, 0.25) is 0 Å². The molecule has 0 amide bonds. The zero-order valence-corrected chi connectivity index (χ0v) is 22.9. The number of carbonyl (C=O) groups is 4. The second-order valence-corrected chi connectivity index (χ2v) is 10.8. The Morgan fingerprint density at radius 1 is 0.629 bits per heavy atom. The quantitative estimate of drug-likeness (QED) is 0.244. The van der Waals surface area contributed by atoms with Gasteiger partial charge in [0.25, 0.3) is 0 Å². The van der Waals surface area contributed by atoms with E-state index in [9.17, 15) is 29.4 Å². The van der Waals surface area contributed by atoms with Crippen LogP contribution in [0.2, 0.25) is 0 Å². The van der Waals surface area contributed by atoms with E-state index in [1.54, 1.807) is 50.4 Å². The SMILES string of the molecule is CN(C)/C=C/C(O)=C1C(=O)CC(C)(C)CC1=O.CN(C)/C=C/C(O)=C1C(=O)CC(C)(C)CC1=O.[Ni]. The van der Waals surface area contributed by atoms with Crippen LogP contribution in [0.5, 0.6) is 0 Å². The van der Waals surface area contributed by atoms with E-state index >= 15 is 0 Å². The molecule has 0 aromatic carbocycles. The topological polar surface area (TPSA) is 115 Å². The largest absolute Gasteiger partial charge is 0.507 e. The van der Waals surface area contributed by atoms with Gasteiger partial charge in [-0.1, -0.05) is 27.7 Å². The van der Waals surface area contributed by atoms with Gasteiger partial charge >= 0.3 is 0 Å². The van der Waals surface area contributed by atoms with E-state index in [0.29, 0.717) is 25.7 Å². The molecule has 0 aromatic heterocycles. The summed E-state index contributed by atoms with van der Waals surface area (Å²) in [7, 11) is 7.17. The third kappa shape index (κ3) is 10.2. The van der Waals surface area contributed by atoms with Crippen LogP contribution in [0.1, 0.15) is 53.4 Å². The second-order valence-electron chi connectivity index (χ2n) is 10.8. The van der Waals surface area contributed by atoms with Gasteiger partial charge < -0.3 is 20.0 Å². The first kappa shape index (κ1) is 32.3. The number of carbonyl (C=O) groups excluding carboxylic acids is 4. The van der Waals surface area contributed by atoms with Crippen molar-refractivity contribution < 1.29 is 45.9 Å². The van der Waals surface area contributed by atoms with Crippen LogP contribution in [0.3, 0.4) is 0 Å². The maximum absolute atomic E-state index is 11.8. The molecule has 2 N–H and O–H groups in total. The van der Waals surface area contributed by atoms with Crippen LogP contribution in [-0.4, -0.2) is 71.3 Å². The predicted molar refractivity (Wildman–Crippen MR) is 131 cm³/mol. The first-order valence-electron chi connectivity index (χ1n) is 11.1. The van der Waals surface area contributed by atoms with Crippen LogP contribution >= 0.6 is 0 Å².